The zero-order chi connectivity index (χ0) is 27.0. The molecule has 0 unspecified atom stereocenters. The lowest BCUT2D eigenvalue weighted by atomic mass is 10.1. The van der Waals surface area contributed by atoms with E-state index in [-0.39, 0.29) is 23.0 Å². The summed E-state index contributed by atoms with van der Waals surface area (Å²) in [6.07, 6.45) is 0.00733. The number of hydrogen-bond acceptors (Lipinski definition) is 7. The molecule has 9 heteroatoms. The first kappa shape index (κ1) is 28.7. The van der Waals surface area contributed by atoms with Crippen LogP contribution in [0.3, 0.4) is 0 Å². The Morgan fingerprint density at radius 2 is 1.70 bits per heavy atom. The zero-order valence-corrected chi connectivity index (χ0v) is 22.7. The molecule has 0 aliphatic rings. The van der Waals surface area contributed by atoms with Gasteiger partial charge in [-0.2, -0.15) is 0 Å². The topological polar surface area (TPSA) is 102 Å². The number of aliphatic hydroxyl groups excluding tert-OH is 1. The Bertz CT molecular complexity index is 1300. The molecule has 3 rings (SSSR count). The molecule has 0 saturated carbocycles. The average Bonchev–Trinajstić information content (AvgIpc) is 2.86. The Balaban J connectivity index is 1.60. The molecule has 2 N–H and O–H groups in total. The molecule has 0 amide bonds. The molecule has 0 spiro atoms. The number of aliphatic hydroxyl groups is 1. The number of carbonyl (C=O) groups excluding carboxylic acids is 1. The van der Waals surface area contributed by atoms with Gasteiger partial charge in [-0.05, 0) is 92.4 Å². The van der Waals surface area contributed by atoms with E-state index in [0.717, 1.165) is 11.1 Å². The monoisotopic (exact) mass is 545 g/mol. The molecule has 0 saturated heterocycles. The van der Waals surface area contributed by atoms with Gasteiger partial charge in [0.15, 0.2) is 6.61 Å². The molecule has 0 aliphatic carbocycles. The van der Waals surface area contributed by atoms with Gasteiger partial charge in [-0.15, -0.1) is 0 Å². The lowest BCUT2D eigenvalue weighted by Crippen LogP contribution is -2.23. The van der Waals surface area contributed by atoms with Crippen molar-refractivity contribution in [2.24, 2.45) is 0 Å². The number of halogens is 1. The lowest BCUT2D eigenvalue weighted by Gasteiger charge is -2.14. The van der Waals surface area contributed by atoms with E-state index in [1.807, 2.05) is 6.07 Å². The summed E-state index contributed by atoms with van der Waals surface area (Å²) in [5, 5.41) is 14.1. The fraction of sp³-hybridized carbons (Fsp3) is 0.321. The third kappa shape index (κ3) is 7.79. The fourth-order valence-electron chi connectivity index (χ4n) is 3.90. The van der Waals surface area contributed by atoms with Crippen LogP contribution in [0.1, 0.15) is 35.3 Å². The molecular formula is C28H32ClNO6S. The van der Waals surface area contributed by atoms with Crippen LogP contribution in [-0.4, -0.2) is 45.8 Å². The average molecular weight is 546 g/mol. The molecule has 37 heavy (non-hydrogen) atoms. The first-order chi connectivity index (χ1) is 17.6. The molecule has 0 radical (unpaired) electrons. The SMILES string of the molecule is CCOC(=O)COc1c(C)cc(S(=O)(=O)c2ccc(CCNC[C@H](O)c3cccc(Cl)c3)cc2)cc1C. The number of hydrogen-bond donors (Lipinski definition) is 2. The third-order valence-electron chi connectivity index (χ3n) is 5.78. The summed E-state index contributed by atoms with van der Waals surface area (Å²) in [6, 6.07) is 17.0. The molecule has 0 bridgehead atoms. The van der Waals surface area contributed by atoms with Crippen molar-refractivity contribution in [2.75, 3.05) is 26.3 Å². The Morgan fingerprint density at radius 1 is 1.03 bits per heavy atom. The second kappa shape index (κ2) is 13.1. The highest BCUT2D eigenvalue weighted by molar-refractivity contribution is 7.91. The largest absolute Gasteiger partial charge is 0.481 e. The maximum absolute atomic E-state index is 13.2. The Hall–Kier alpha value is -2.91. The van der Waals surface area contributed by atoms with Gasteiger partial charge in [0.05, 0.1) is 22.5 Å². The van der Waals surface area contributed by atoms with Crippen LogP contribution >= 0.6 is 11.6 Å². The fourth-order valence-corrected chi connectivity index (χ4v) is 5.53. The molecule has 3 aromatic carbocycles. The van der Waals surface area contributed by atoms with Crippen molar-refractivity contribution < 1.29 is 27.8 Å². The van der Waals surface area contributed by atoms with Crippen LogP contribution in [0.2, 0.25) is 5.02 Å². The molecule has 1 atom stereocenters. The van der Waals surface area contributed by atoms with Crippen LogP contribution in [0.25, 0.3) is 0 Å². The summed E-state index contributed by atoms with van der Waals surface area (Å²) >= 11 is 5.97. The van der Waals surface area contributed by atoms with Crippen molar-refractivity contribution >= 4 is 27.4 Å². The van der Waals surface area contributed by atoms with Crippen LogP contribution in [-0.2, 0) is 25.8 Å². The van der Waals surface area contributed by atoms with Gasteiger partial charge in [-0.1, -0.05) is 35.9 Å². The Kier molecular flexibility index (Phi) is 10.1. The quantitative estimate of drug-likeness (QED) is 0.253. The standard InChI is InChI=1S/C28H32ClNO6S/c1-4-35-27(32)18-36-28-19(2)14-25(15-20(28)3)37(33,34)24-10-8-21(9-11-24)12-13-30-17-26(31)22-6-5-7-23(29)16-22/h5-11,14-16,26,30-31H,4,12-13,17-18H2,1-3H3/t26-/m0/s1. The first-order valence-corrected chi connectivity index (χ1v) is 13.9. The molecular weight excluding hydrogens is 514 g/mol. The minimum Gasteiger partial charge on any atom is -0.481 e. The Morgan fingerprint density at radius 3 is 2.32 bits per heavy atom. The predicted molar refractivity (Wildman–Crippen MR) is 143 cm³/mol. The Labute approximate surface area is 223 Å². The maximum Gasteiger partial charge on any atom is 0.344 e. The number of carbonyl (C=O) groups is 1. The van der Waals surface area contributed by atoms with Gasteiger partial charge in [0.25, 0.3) is 0 Å². The minimum atomic E-state index is -3.73. The van der Waals surface area contributed by atoms with Gasteiger partial charge in [-0.3, -0.25) is 0 Å². The molecule has 198 valence electrons. The van der Waals surface area contributed by atoms with Crippen LogP contribution in [0.15, 0.2) is 70.5 Å². The van der Waals surface area contributed by atoms with Gasteiger partial charge >= 0.3 is 5.97 Å². The second-order valence-corrected chi connectivity index (χ2v) is 11.0. The van der Waals surface area contributed by atoms with Crippen molar-refractivity contribution in [1.82, 2.24) is 5.32 Å². The molecule has 3 aromatic rings. The van der Waals surface area contributed by atoms with E-state index in [4.69, 9.17) is 21.1 Å². The zero-order valence-electron chi connectivity index (χ0n) is 21.2. The molecule has 0 aliphatic heterocycles. The minimum absolute atomic E-state index is 0.162. The highest BCUT2D eigenvalue weighted by Gasteiger charge is 2.21. The summed E-state index contributed by atoms with van der Waals surface area (Å²) < 4.78 is 36.9. The summed E-state index contributed by atoms with van der Waals surface area (Å²) in [4.78, 5) is 12.0. The van der Waals surface area contributed by atoms with Crippen LogP contribution < -0.4 is 10.1 Å². The highest BCUT2D eigenvalue weighted by Crippen LogP contribution is 2.30. The molecule has 0 fully saturated rings. The maximum atomic E-state index is 13.2. The van der Waals surface area contributed by atoms with Crippen molar-refractivity contribution in [3.8, 4) is 5.75 Å². The number of benzene rings is 3. The van der Waals surface area contributed by atoms with Gasteiger partial charge in [0, 0.05) is 11.6 Å². The number of sulfone groups is 1. The van der Waals surface area contributed by atoms with Crippen LogP contribution in [0, 0.1) is 13.8 Å². The summed E-state index contributed by atoms with van der Waals surface area (Å²) in [7, 11) is -3.73. The smallest absolute Gasteiger partial charge is 0.344 e. The summed E-state index contributed by atoms with van der Waals surface area (Å²) in [5.74, 6) is -0.0131. The number of aryl methyl sites for hydroxylation is 2. The molecule has 0 heterocycles. The highest BCUT2D eigenvalue weighted by atomic mass is 35.5. The van der Waals surface area contributed by atoms with E-state index in [2.05, 4.69) is 5.32 Å². The van der Waals surface area contributed by atoms with Crippen molar-refractivity contribution in [3.05, 3.63) is 87.9 Å². The predicted octanol–water partition coefficient (Wildman–Crippen LogP) is 4.60. The first-order valence-electron chi connectivity index (χ1n) is 12.0. The normalized spacial score (nSPS) is 12.2. The third-order valence-corrected chi connectivity index (χ3v) is 7.76. The molecule has 7 nitrogen and oxygen atoms in total. The van der Waals surface area contributed by atoms with Crippen molar-refractivity contribution in [1.29, 1.82) is 0 Å². The lowest BCUT2D eigenvalue weighted by molar-refractivity contribution is -0.145. The van der Waals surface area contributed by atoms with E-state index in [1.54, 1.807) is 75.4 Å². The number of ether oxygens (including phenoxy) is 2. The van der Waals surface area contributed by atoms with Gasteiger partial charge in [-0.25, -0.2) is 13.2 Å². The van der Waals surface area contributed by atoms with Gasteiger partial charge < -0.3 is 19.9 Å². The van der Waals surface area contributed by atoms with E-state index in [9.17, 15) is 18.3 Å². The summed E-state index contributed by atoms with van der Waals surface area (Å²) in [6.45, 7) is 6.22. The van der Waals surface area contributed by atoms with E-state index in [1.165, 1.54) is 0 Å². The van der Waals surface area contributed by atoms with Gasteiger partial charge in [0.1, 0.15) is 5.75 Å². The van der Waals surface area contributed by atoms with Gasteiger partial charge in [0.2, 0.25) is 9.84 Å². The van der Waals surface area contributed by atoms with Crippen LogP contribution in [0.4, 0.5) is 0 Å². The number of rotatable bonds is 12. The molecule has 0 aromatic heterocycles. The second-order valence-electron chi connectivity index (χ2n) is 8.65. The van der Waals surface area contributed by atoms with Crippen molar-refractivity contribution in [3.63, 3.8) is 0 Å². The van der Waals surface area contributed by atoms with Crippen LogP contribution in [0.5, 0.6) is 5.75 Å². The number of esters is 1. The number of nitrogens with one attached hydrogen (secondary N) is 1. The van der Waals surface area contributed by atoms with E-state index in [0.29, 0.717) is 41.4 Å². The van der Waals surface area contributed by atoms with Crippen molar-refractivity contribution in [2.45, 2.75) is 43.1 Å². The van der Waals surface area contributed by atoms with E-state index >= 15 is 0 Å². The summed E-state index contributed by atoms with van der Waals surface area (Å²) in [5.41, 5.74) is 2.95. The van der Waals surface area contributed by atoms with E-state index < -0.39 is 21.9 Å².